The molecule has 0 saturated heterocycles. The summed E-state index contributed by atoms with van der Waals surface area (Å²) in [7, 11) is 1.62. The number of nitrogens with two attached hydrogens (primary N) is 1. The van der Waals surface area contributed by atoms with E-state index in [0.717, 1.165) is 5.56 Å². The Morgan fingerprint density at radius 2 is 1.76 bits per heavy atom. The molecule has 0 saturated carbocycles. The molecule has 1 amide bonds. The number of carbonyl (C=O) groups is 1. The topological polar surface area (TPSA) is 55.1 Å². The van der Waals surface area contributed by atoms with Gasteiger partial charge in [0.2, 0.25) is 0 Å². The van der Waals surface area contributed by atoms with Gasteiger partial charge in [0.15, 0.2) is 0 Å². The molecule has 108 valence electrons. The maximum absolute atomic E-state index is 12.3. The molecule has 0 fully saturated rings. The van der Waals surface area contributed by atoms with Gasteiger partial charge in [0.25, 0.3) is 5.91 Å². The fourth-order valence-electron chi connectivity index (χ4n) is 1.42. The van der Waals surface area contributed by atoms with Gasteiger partial charge in [0, 0.05) is 18.2 Å². The van der Waals surface area contributed by atoms with Crippen LogP contribution in [0.3, 0.4) is 0 Å². The van der Waals surface area contributed by atoms with Crippen LogP contribution in [0.5, 0.6) is 0 Å². The van der Waals surface area contributed by atoms with Crippen LogP contribution < -0.4 is 11.1 Å². The Bertz CT molecular complexity index is 613. The van der Waals surface area contributed by atoms with Gasteiger partial charge in [-0.3, -0.25) is 4.79 Å². The van der Waals surface area contributed by atoms with Crippen molar-refractivity contribution < 1.29 is 9.18 Å². The second-order valence-corrected chi connectivity index (χ2v) is 3.96. The Hall–Kier alpha value is -2.64. The lowest BCUT2D eigenvalue weighted by Crippen LogP contribution is -2.17. The van der Waals surface area contributed by atoms with Crippen molar-refractivity contribution in [2.24, 2.45) is 5.73 Å². The van der Waals surface area contributed by atoms with E-state index >= 15 is 0 Å². The van der Waals surface area contributed by atoms with Crippen LogP contribution in [0.25, 0.3) is 0 Å². The highest BCUT2D eigenvalue weighted by molar-refractivity contribution is 5.93. The van der Waals surface area contributed by atoms with Crippen molar-refractivity contribution >= 4 is 5.91 Å². The number of benzene rings is 2. The summed E-state index contributed by atoms with van der Waals surface area (Å²) in [5, 5.41) is 2.54. The quantitative estimate of drug-likeness (QED) is 0.789. The molecule has 3 N–H and O–H groups in total. The highest BCUT2D eigenvalue weighted by Crippen LogP contribution is 2.00. The lowest BCUT2D eigenvalue weighted by molar-refractivity contribution is 0.0963. The molecular formula is C17H17FN2O. The molecule has 2 aromatic rings. The van der Waals surface area contributed by atoms with Crippen LogP contribution in [0.15, 0.2) is 54.6 Å². The van der Waals surface area contributed by atoms with Crippen molar-refractivity contribution in [3.05, 3.63) is 71.5 Å². The minimum absolute atomic E-state index is 0.0411. The van der Waals surface area contributed by atoms with Crippen molar-refractivity contribution in [1.29, 1.82) is 0 Å². The smallest absolute Gasteiger partial charge is 0.251 e. The van der Waals surface area contributed by atoms with E-state index in [1.807, 2.05) is 18.2 Å². The normalized spacial score (nSPS) is 8.71. The molecule has 21 heavy (non-hydrogen) atoms. The van der Waals surface area contributed by atoms with Gasteiger partial charge in [-0.25, -0.2) is 4.39 Å². The Morgan fingerprint density at radius 3 is 2.29 bits per heavy atom. The number of rotatable bonds is 1. The number of hydrogen-bond donors (Lipinski definition) is 2. The number of carbonyl (C=O) groups excluding carboxylic acids is 1. The van der Waals surface area contributed by atoms with Crippen molar-refractivity contribution in [2.75, 3.05) is 13.6 Å². The summed E-state index contributed by atoms with van der Waals surface area (Å²) in [6.45, 7) is 0.331. The first-order valence-corrected chi connectivity index (χ1v) is 6.39. The fraction of sp³-hybridized carbons (Fsp3) is 0.118. The van der Waals surface area contributed by atoms with Crippen LogP contribution in [0.4, 0.5) is 4.39 Å². The zero-order valence-electron chi connectivity index (χ0n) is 11.8. The molecular weight excluding hydrogens is 267 g/mol. The minimum Gasteiger partial charge on any atom is -0.355 e. The zero-order chi connectivity index (χ0) is 15.5. The number of hydrogen-bond acceptors (Lipinski definition) is 2. The zero-order valence-corrected chi connectivity index (χ0v) is 11.8. The fourth-order valence-corrected chi connectivity index (χ4v) is 1.42. The second kappa shape index (κ2) is 9.29. The van der Waals surface area contributed by atoms with E-state index in [9.17, 15) is 9.18 Å². The van der Waals surface area contributed by atoms with E-state index in [1.165, 1.54) is 12.1 Å². The molecule has 3 nitrogen and oxygen atoms in total. The van der Waals surface area contributed by atoms with Gasteiger partial charge in [0.1, 0.15) is 5.82 Å². The summed E-state index contributed by atoms with van der Waals surface area (Å²) >= 11 is 0. The summed E-state index contributed by atoms with van der Waals surface area (Å²) in [5.41, 5.74) is 6.65. The van der Waals surface area contributed by atoms with Crippen LogP contribution >= 0.6 is 0 Å². The highest BCUT2D eigenvalue weighted by Gasteiger charge is 1.97. The standard InChI is InChI=1S/C9H8FN.C8H9NO/c10-9-5-3-8(4-6-9)2-1-7-11;1-9-8(10)7-5-3-2-4-6-7/h3-6H,7,11H2;2-6H,1H3,(H,9,10). The Labute approximate surface area is 124 Å². The molecule has 2 aromatic carbocycles. The van der Waals surface area contributed by atoms with Crippen LogP contribution in [-0.4, -0.2) is 19.5 Å². The third kappa shape index (κ3) is 6.37. The van der Waals surface area contributed by atoms with Gasteiger partial charge >= 0.3 is 0 Å². The monoisotopic (exact) mass is 284 g/mol. The summed E-state index contributed by atoms with van der Waals surface area (Å²) in [4.78, 5) is 10.9. The highest BCUT2D eigenvalue weighted by atomic mass is 19.1. The molecule has 0 radical (unpaired) electrons. The molecule has 0 aliphatic rings. The van der Waals surface area contributed by atoms with Crippen LogP contribution in [0, 0.1) is 17.7 Å². The first-order valence-electron chi connectivity index (χ1n) is 6.39. The Kier molecular flexibility index (Phi) is 7.26. The van der Waals surface area contributed by atoms with E-state index < -0.39 is 0 Å². The second-order valence-electron chi connectivity index (χ2n) is 3.96. The summed E-state index contributed by atoms with van der Waals surface area (Å²) in [6.07, 6.45) is 0. The third-order valence-corrected chi connectivity index (χ3v) is 2.44. The molecule has 0 aliphatic carbocycles. The van der Waals surface area contributed by atoms with E-state index in [0.29, 0.717) is 12.1 Å². The van der Waals surface area contributed by atoms with Crippen LogP contribution in [0.1, 0.15) is 15.9 Å². The summed E-state index contributed by atoms with van der Waals surface area (Å²) in [5.74, 6) is 5.18. The molecule has 0 aliphatic heterocycles. The van der Waals surface area contributed by atoms with E-state index in [1.54, 1.807) is 31.3 Å². The minimum atomic E-state index is -0.247. The van der Waals surface area contributed by atoms with Gasteiger partial charge < -0.3 is 11.1 Å². The predicted molar refractivity (Wildman–Crippen MR) is 82.2 cm³/mol. The number of nitrogens with one attached hydrogen (secondary N) is 1. The van der Waals surface area contributed by atoms with Crippen molar-refractivity contribution in [1.82, 2.24) is 5.32 Å². The molecule has 0 atom stereocenters. The number of halogens is 1. The van der Waals surface area contributed by atoms with Gasteiger partial charge in [-0.05, 0) is 36.4 Å². The average molecular weight is 284 g/mol. The summed E-state index contributed by atoms with van der Waals surface area (Å²) in [6, 6.07) is 15.1. The third-order valence-electron chi connectivity index (χ3n) is 2.44. The maximum atomic E-state index is 12.3. The molecule has 0 unspecified atom stereocenters. The van der Waals surface area contributed by atoms with E-state index in [4.69, 9.17) is 5.73 Å². The number of amides is 1. The van der Waals surface area contributed by atoms with Crippen molar-refractivity contribution in [2.45, 2.75) is 0 Å². The first-order chi connectivity index (χ1) is 10.2. The van der Waals surface area contributed by atoms with Crippen molar-refractivity contribution in [3.63, 3.8) is 0 Å². The van der Waals surface area contributed by atoms with Crippen LogP contribution in [-0.2, 0) is 0 Å². The van der Waals surface area contributed by atoms with Gasteiger partial charge in [-0.2, -0.15) is 0 Å². The molecule has 2 rings (SSSR count). The van der Waals surface area contributed by atoms with Gasteiger partial charge in [0.05, 0.1) is 6.54 Å². The first kappa shape index (κ1) is 16.4. The molecule has 0 spiro atoms. The molecule has 0 bridgehead atoms. The predicted octanol–water partition coefficient (Wildman–Crippen LogP) is 2.18. The lowest BCUT2D eigenvalue weighted by atomic mass is 10.2. The van der Waals surface area contributed by atoms with Crippen molar-refractivity contribution in [3.8, 4) is 11.8 Å². The maximum Gasteiger partial charge on any atom is 0.251 e. The Morgan fingerprint density at radius 1 is 1.14 bits per heavy atom. The summed E-state index contributed by atoms with van der Waals surface area (Å²) < 4.78 is 12.3. The average Bonchev–Trinajstić information content (AvgIpc) is 2.55. The lowest BCUT2D eigenvalue weighted by Gasteiger charge is -1.96. The molecule has 0 aromatic heterocycles. The van der Waals surface area contributed by atoms with E-state index in [2.05, 4.69) is 17.2 Å². The Balaban J connectivity index is 0.000000211. The van der Waals surface area contributed by atoms with Gasteiger partial charge in [-0.15, -0.1) is 0 Å². The largest absolute Gasteiger partial charge is 0.355 e. The van der Waals surface area contributed by atoms with E-state index in [-0.39, 0.29) is 11.7 Å². The van der Waals surface area contributed by atoms with Gasteiger partial charge in [-0.1, -0.05) is 30.0 Å². The van der Waals surface area contributed by atoms with Crippen LogP contribution in [0.2, 0.25) is 0 Å². The molecule has 0 heterocycles. The molecule has 4 heteroatoms. The SMILES string of the molecule is CNC(=O)c1ccccc1.NCC#Cc1ccc(F)cc1.